The fourth-order valence-corrected chi connectivity index (χ4v) is 2.84. The summed E-state index contributed by atoms with van der Waals surface area (Å²) >= 11 is 3.10. The first-order valence-corrected chi connectivity index (χ1v) is 8.41. The number of rotatable bonds is 4. The average Bonchev–Trinajstić information content (AvgIpc) is 2.72. The topological polar surface area (TPSA) is 146 Å². The van der Waals surface area contributed by atoms with Gasteiger partial charge in [-0.25, -0.2) is 9.36 Å². The van der Waals surface area contributed by atoms with Gasteiger partial charge in [0.15, 0.2) is 0 Å². The van der Waals surface area contributed by atoms with Crippen molar-refractivity contribution >= 4 is 35.7 Å². The summed E-state index contributed by atoms with van der Waals surface area (Å²) in [7, 11) is -4.66. The number of halogens is 1. The van der Waals surface area contributed by atoms with Gasteiger partial charge in [-0.15, -0.1) is 0 Å². The first-order valence-electron chi connectivity index (χ1n) is 5.96. The summed E-state index contributed by atoms with van der Waals surface area (Å²) in [5.74, 6) is -0.462. The molecule has 0 bridgehead atoms. The number of nitrogens with zero attached hydrogens (tertiary/aromatic N) is 1. The van der Waals surface area contributed by atoms with Crippen molar-refractivity contribution in [3.63, 3.8) is 0 Å². The van der Waals surface area contributed by atoms with Crippen LogP contribution in [0.2, 0.25) is 0 Å². The molecule has 4 N–H and O–H groups in total. The number of imide groups is 1. The molecule has 10 nitrogen and oxygen atoms in total. The van der Waals surface area contributed by atoms with E-state index < -0.39 is 49.6 Å². The number of amides is 3. The zero-order valence-corrected chi connectivity index (χ0v) is 13.1. The van der Waals surface area contributed by atoms with E-state index in [1.165, 1.54) is 4.90 Å². The zero-order valence-electron chi connectivity index (χ0n) is 10.6. The summed E-state index contributed by atoms with van der Waals surface area (Å²) < 4.78 is 20.3. The molecule has 0 aromatic heterocycles. The maximum absolute atomic E-state index is 11.7. The molecule has 2 fully saturated rings. The highest BCUT2D eigenvalue weighted by atomic mass is 79.9. The average molecular weight is 389 g/mol. The third-order valence-corrected chi connectivity index (χ3v) is 4.28. The Kier molecular flexibility index (Phi) is 5.03. The molecule has 0 aromatic rings. The number of hydrogen-bond acceptors (Lipinski definition) is 6. The van der Waals surface area contributed by atoms with Crippen LogP contribution < -0.4 is 5.32 Å². The van der Waals surface area contributed by atoms with Crippen LogP contribution in [0.3, 0.4) is 0 Å². The van der Waals surface area contributed by atoms with Gasteiger partial charge in [0.05, 0.1) is 12.7 Å². The van der Waals surface area contributed by atoms with E-state index in [2.05, 4.69) is 25.8 Å². The molecule has 120 valence electrons. The highest BCUT2D eigenvalue weighted by Gasteiger charge is 2.43. The van der Waals surface area contributed by atoms with Crippen LogP contribution in [0.25, 0.3) is 0 Å². The fourth-order valence-electron chi connectivity index (χ4n) is 2.07. The fraction of sp³-hybridized carbons (Fsp3) is 0.778. The van der Waals surface area contributed by atoms with Gasteiger partial charge in [0.25, 0.3) is 0 Å². The molecule has 2 saturated heterocycles. The number of carbonyl (C=O) groups is 2. The number of nitrogens with one attached hydrogen (secondary N) is 1. The minimum absolute atomic E-state index is 0.0521. The van der Waals surface area contributed by atoms with Gasteiger partial charge in [0, 0.05) is 13.0 Å². The second-order valence-corrected chi connectivity index (χ2v) is 6.98. The Balaban J connectivity index is 1.95. The van der Waals surface area contributed by atoms with E-state index in [4.69, 9.17) is 14.5 Å². The van der Waals surface area contributed by atoms with E-state index >= 15 is 0 Å². The van der Waals surface area contributed by atoms with Gasteiger partial charge in [-0.3, -0.25) is 19.5 Å². The Labute approximate surface area is 127 Å². The van der Waals surface area contributed by atoms with E-state index in [0.717, 1.165) is 0 Å². The number of ether oxygens (including phenoxy) is 1. The van der Waals surface area contributed by atoms with Gasteiger partial charge in [0.2, 0.25) is 5.91 Å². The lowest BCUT2D eigenvalue weighted by Crippen LogP contribution is -2.58. The van der Waals surface area contributed by atoms with Crippen molar-refractivity contribution in [1.29, 1.82) is 0 Å². The molecule has 0 aliphatic carbocycles. The van der Waals surface area contributed by atoms with E-state index in [0.29, 0.717) is 0 Å². The summed E-state index contributed by atoms with van der Waals surface area (Å²) in [6.07, 6.45) is -2.77. The van der Waals surface area contributed by atoms with Crippen molar-refractivity contribution in [2.45, 2.75) is 29.7 Å². The van der Waals surface area contributed by atoms with Crippen LogP contribution in [0, 0.1) is 0 Å². The molecule has 2 rings (SSSR count). The SMILES string of the molecule is O=C1NC(=O)N([C@H]2C[C@H](O)[C@@H](COP(=O)(O)O)O2)CC1Br. The summed E-state index contributed by atoms with van der Waals surface area (Å²) in [4.78, 5) is 40.9. The number of urea groups is 1. The molecule has 2 heterocycles. The molecule has 4 atom stereocenters. The maximum atomic E-state index is 11.7. The molecule has 12 heteroatoms. The normalized spacial score (nSPS) is 34.2. The molecular formula is C9H14BrN2O8P. The molecule has 21 heavy (non-hydrogen) atoms. The Morgan fingerprint density at radius 3 is 2.76 bits per heavy atom. The Morgan fingerprint density at radius 2 is 2.14 bits per heavy atom. The van der Waals surface area contributed by atoms with Crippen molar-refractivity contribution in [2.75, 3.05) is 13.2 Å². The number of aliphatic hydroxyl groups excluding tert-OH is 1. The largest absolute Gasteiger partial charge is 0.469 e. The van der Waals surface area contributed by atoms with Crippen LogP contribution in [-0.4, -0.2) is 68.1 Å². The van der Waals surface area contributed by atoms with Crippen molar-refractivity contribution in [3.05, 3.63) is 0 Å². The second-order valence-electron chi connectivity index (χ2n) is 4.63. The van der Waals surface area contributed by atoms with Crippen LogP contribution >= 0.6 is 23.8 Å². The molecule has 2 aliphatic rings. The van der Waals surface area contributed by atoms with Gasteiger partial charge in [-0.05, 0) is 0 Å². The molecule has 0 spiro atoms. The smallest absolute Gasteiger partial charge is 0.390 e. The number of alkyl halides is 1. The molecular weight excluding hydrogens is 375 g/mol. The van der Waals surface area contributed by atoms with E-state index in [1.54, 1.807) is 0 Å². The number of phosphoric acid groups is 1. The summed E-state index contributed by atoms with van der Waals surface area (Å²) in [6, 6.07) is -0.649. The van der Waals surface area contributed by atoms with Crippen LogP contribution in [0.4, 0.5) is 4.79 Å². The highest BCUT2D eigenvalue weighted by molar-refractivity contribution is 9.10. The van der Waals surface area contributed by atoms with E-state index in [-0.39, 0.29) is 13.0 Å². The summed E-state index contributed by atoms with van der Waals surface area (Å²) in [5, 5.41) is 11.9. The first-order chi connectivity index (χ1) is 9.67. The van der Waals surface area contributed by atoms with Crippen molar-refractivity contribution in [1.82, 2.24) is 10.2 Å². The lowest BCUT2D eigenvalue weighted by atomic mass is 10.2. The van der Waals surface area contributed by atoms with Crippen molar-refractivity contribution in [3.8, 4) is 0 Å². The quantitative estimate of drug-likeness (QED) is 0.350. The summed E-state index contributed by atoms with van der Waals surface area (Å²) in [6.45, 7) is -0.442. The van der Waals surface area contributed by atoms with Gasteiger partial charge >= 0.3 is 13.9 Å². The minimum Gasteiger partial charge on any atom is -0.390 e. The Morgan fingerprint density at radius 1 is 1.48 bits per heavy atom. The monoisotopic (exact) mass is 388 g/mol. The zero-order chi connectivity index (χ0) is 15.8. The first kappa shape index (κ1) is 16.8. The van der Waals surface area contributed by atoms with Crippen LogP contribution in [0.1, 0.15) is 6.42 Å². The van der Waals surface area contributed by atoms with Gasteiger partial charge in [-0.1, -0.05) is 15.9 Å². The molecule has 0 radical (unpaired) electrons. The van der Waals surface area contributed by atoms with Crippen LogP contribution in [0.15, 0.2) is 0 Å². The number of carbonyl (C=O) groups excluding carboxylic acids is 2. The Hall–Kier alpha value is -0.550. The molecule has 0 aromatic carbocycles. The predicted octanol–water partition coefficient (Wildman–Crippen LogP) is -1.11. The molecule has 0 saturated carbocycles. The highest BCUT2D eigenvalue weighted by Crippen LogP contribution is 2.37. The van der Waals surface area contributed by atoms with Crippen LogP contribution in [0.5, 0.6) is 0 Å². The number of hydrogen-bond donors (Lipinski definition) is 4. The molecule has 3 amide bonds. The minimum atomic E-state index is -4.66. The number of aliphatic hydroxyl groups is 1. The van der Waals surface area contributed by atoms with Gasteiger partial charge in [0.1, 0.15) is 17.2 Å². The lowest BCUT2D eigenvalue weighted by Gasteiger charge is -2.33. The van der Waals surface area contributed by atoms with Crippen molar-refractivity contribution in [2.24, 2.45) is 0 Å². The predicted molar refractivity (Wildman–Crippen MR) is 70.2 cm³/mol. The van der Waals surface area contributed by atoms with Gasteiger partial charge < -0.3 is 19.6 Å². The second kappa shape index (κ2) is 6.29. The van der Waals surface area contributed by atoms with E-state index in [9.17, 15) is 19.3 Å². The third-order valence-electron chi connectivity index (χ3n) is 3.09. The van der Waals surface area contributed by atoms with Crippen LogP contribution in [-0.2, 0) is 18.6 Å². The summed E-state index contributed by atoms with van der Waals surface area (Å²) in [5.41, 5.74) is 0. The standard InChI is InChI=1S/C9H14BrN2O8P/c10-4-2-12(9(15)11-8(4)14)7-1-5(13)6(20-7)3-19-21(16,17)18/h4-7,13H,1-3H2,(H,11,14,15)(H2,16,17,18)/t4?,5-,6+,7+/m0/s1. The van der Waals surface area contributed by atoms with E-state index in [1.807, 2.05) is 0 Å². The third kappa shape index (κ3) is 4.22. The van der Waals surface area contributed by atoms with Crippen molar-refractivity contribution < 1.29 is 38.3 Å². The maximum Gasteiger partial charge on any atom is 0.469 e. The molecule has 2 aliphatic heterocycles. The van der Waals surface area contributed by atoms with Gasteiger partial charge in [-0.2, -0.15) is 0 Å². The lowest BCUT2D eigenvalue weighted by molar-refractivity contribution is -0.123. The number of phosphoric ester groups is 1. The molecule has 1 unspecified atom stereocenters. The Bertz CT molecular complexity index is 484.